The van der Waals surface area contributed by atoms with Crippen molar-refractivity contribution in [3.63, 3.8) is 0 Å². The van der Waals surface area contributed by atoms with Crippen LogP contribution >= 0.6 is 11.6 Å². The average molecular weight is 407 g/mol. The monoisotopic (exact) mass is 406 g/mol. The predicted octanol–water partition coefficient (Wildman–Crippen LogP) is 4.82. The number of pyridine rings is 1. The zero-order valence-corrected chi connectivity index (χ0v) is 15.1. The van der Waals surface area contributed by atoms with Gasteiger partial charge in [-0.1, -0.05) is 23.7 Å². The van der Waals surface area contributed by atoms with Gasteiger partial charge in [-0.15, -0.1) is 0 Å². The molecule has 144 valence electrons. The predicted molar refractivity (Wildman–Crippen MR) is 101 cm³/mol. The Morgan fingerprint density at radius 3 is 2.43 bits per heavy atom. The third-order valence-electron chi connectivity index (χ3n) is 3.95. The maximum atomic E-state index is 12.9. The zero-order valence-electron chi connectivity index (χ0n) is 14.3. The summed E-state index contributed by atoms with van der Waals surface area (Å²) in [6.07, 6.45) is -3.78. The number of carbonyl (C=O) groups is 1. The molecule has 0 aliphatic heterocycles. The number of carbonyl (C=O) groups excluding carboxylic acids is 1. The molecule has 0 saturated heterocycles. The van der Waals surface area contributed by atoms with Crippen LogP contribution in [0.5, 0.6) is 0 Å². The smallest absolute Gasteiger partial charge is 0.322 e. The molecular formula is C20H14ClF3N2O2. The molecule has 0 radical (unpaired) electrons. The lowest BCUT2D eigenvalue weighted by Crippen LogP contribution is -2.22. The number of hydrogen-bond donors (Lipinski definition) is 1. The van der Waals surface area contributed by atoms with Crippen molar-refractivity contribution in [2.75, 3.05) is 5.32 Å². The number of anilines is 1. The molecule has 3 rings (SSSR count). The topological polar surface area (TPSA) is 51.1 Å². The first-order valence-electron chi connectivity index (χ1n) is 8.16. The molecule has 1 aromatic heterocycles. The minimum absolute atomic E-state index is 0.0924. The molecule has 1 amide bonds. The Morgan fingerprint density at radius 2 is 1.75 bits per heavy atom. The highest BCUT2D eigenvalue weighted by molar-refractivity contribution is 6.30. The molecule has 0 atom stereocenters. The van der Waals surface area contributed by atoms with Gasteiger partial charge in [-0.2, -0.15) is 13.2 Å². The van der Waals surface area contributed by atoms with E-state index in [1.807, 2.05) is 0 Å². The van der Waals surface area contributed by atoms with Crippen molar-refractivity contribution in [1.29, 1.82) is 0 Å². The highest BCUT2D eigenvalue weighted by atomic mass is 35.5. The van der Waals surface area contributed by atoms with Gasteiger partial charge in [0.1, 0.15) is 0 Å². The van der Waals surface area contributed by atoms with Crippen LogP contribution in [0, 0.1) is 0 Å². The van der Waals surface area contributed by atoms with Crippen LogP contribution in [0.25, 0.3) is 0 Å². The van der Waals surface area contributed by atoms with Crippen LogP contribution in [-0.4, -0.2) is 10.5 Å². The van der Waals surface area contributed by atoms with Crippen LogP contribution in [0.1, 0.15) is 21.5 Å². The van der Waals surface area contributed by atoms with E-state index in [1.165, 1.54) is 6.07 Å². The average Bonchev–Trinajstić information content (AvgIpc) is 2.65. The largest absolute Gasteiger partial charge is 0.417 e. The highest BCUT2D eigenvalue weighted by Crippen LogP contribution is 2.28. The van der Waals surface area contributed by atoms with Crippen molar-refractivity contribution in [1.82, 2.24) is 4.57 Å². The van der Waals surface area contributed by atoms with Crippen molar-refractivity contribution < 1.29 is 18.0 Å². The normalized spacial score (nSPS) is 11.3. The van der Waals surface area contributed by atoms with Crippen LogP contribution in [0.3, 0.4) is 0 Å². The maximum absolute atomic E-state index is 12.9. The Kier molecular flexibility index (Phi) is 5.56. The molecule has 8 heteroatoms. The van der Waals surface area contributed by atoms with E-state index in [9.17, 15) is 22.8 Å². The summed E-state index contributed by atoms with van der Waals surface area (Å²) in [4.78, 5) is 24.3. The number of alkyl halides is 3. The fourth-order valence-corrected chi connectivity index (χ4v) is 2.69. The summed E-state index contributed by atoms with van der Waals surface area (Å²) in [7, 11) is 0. The molecule has 0 aliphatic rings. The summed E-state index contributed by atoms with van der Waals surface area (Å²) in [5, 5.41) is 3.24. The van der Waals surface area contributed by atoms with Gasteiger partial charge in [0.15, 0.2) is 0 Å². The Hall–Kier alpha value is -3.06. The van der Waals surface area contributed by atoms with E-state index in [4.69, 9.17) is 11.6 Å². The highest BCUT2D eigenvalue weighted by Gasteiger charge is 2.31. The second-order valence-electron chi connectivity index (χ2n) is 6.04. The molecule has 0 fully saturated rings. The molecule has 1 N–H and O–H groups in total. The van der Waals surface area contributed by atoms with Crippen LogP contribution in [0.2, 0.25) is 5.02 Å². The van der Waals surface area contributed by atoms with Gasteiger partial charge < -0.3 is 9.88 Å². The summed E-state index contributed by atoms with van der Waals surface area (Å²) < 4.78 is 39.5. The van der Waals surface area contributed by atoms with Gasteiger partial charge in [-0.3, -0.25) is 9.59 Å². The Bertz CT molecular complexity index is 1060. The van der Waals surface area contributed by atoms with Crippen molar-refractivity contribution in [3.8, 4) is 0 Å². The fourth-order valence-electron chi connectivity index (χ4n) is 2.57. The summed E-state index contributed by atoms with van der Waals surface area (Å²) in [5.41, 5.74) is -0.0979. The minimum atomic E-state index is -4.55. The van der Waals surface area contributed by atoms with Crippen molar-refractivity contribution in [3.05, 3.63) is 98.9 Å². The van der Waals surface area contributed by atoms with Gasteiger partial charge in [0.25, 0.3) is 11.5 Å². The quantitative estimate of drug-likeness (QED) is 0.675. The first-order chi connectivity index (χ1) is 13.2. The molecule has 0 spiro atoms. The van der Waals surface area contributed by atoms with Crippen molar-refractivity contribution in [2.45, 2.75) is 12.7 Å². The lowest BCUT2D eigenvalue weighted by molar-refractivity contribution is -0.138. The maximum Gasteiger partial charge on any atom is 0.417 e. The molecule has 1 heterocycles. The number of amides is 1. The minimum Gasteiger partial charge on any atom is -0.322 e. The number of nitrogens with zero attached hydrogens (tertiary/aromatic N) is 1. The van der Waals surface area contributed by atoms with Crippen LogP contribution in [0.4, 0.5) is 18.9 Å². The molecule has 0 unspecified atom stereocenters. The van der Waals surface area contributed by atoms with Gasteiger partial charge in [0.2, 0.25) is 0 Å². The molecule has 3 aromatic rings. The number of halogens is 4. The van der Waals surface area contributed by atoms with E-state index in [1.54, 1.807) is 42.5 Å². The first kappa shape index (κ1) is 19.7. The molecule has 4 nitrogen and oxygen atoms in total. The molecule has 2 aromatic carbocycles. The lowest BCUT2D eigenvalue weighted by atomic mass is 10.1. The number of nitrogens with one attached hydrogen (secondary N) is 1. The van der Waals surface area contributed by atoms with E-state index < -0.39 is 17.3 Å². The van der Waals surface area contributed by atoms with E-state index in [0.717, 1.165) is 22.9 Å². The van der Waals surface area contributed by atoms with E-state index in [2.05, 4.69) is 5.32 Å². The fraction of sp³-hybridized carbons (Fsp3) is 0.100. The molecule has 0 aliphatic carbocycles. The second kappa shape index (κ2) is 7.90. The van der Waals surface area contributed by atoms with Crippen LogP contribution in [0.15, 0.2) is 71.7 Å². The number of aromatic nitrogens is 1. The van der Waals surface area contributed by atoms with E-state index >= 15 is 0 Å². The van der Waals surface area contributed by atoms with Gasteiger partial charge in [0.05, 0.1) is 12.1 Å². The van der Waals surface area contributed by atoms with E-state index in [-0.39, 0.29) is 12.5 Å². The summed E-state index contributed by atoms with van der Waals surface area (Å²) in [5.74, 6) is -0.388. The number of benzene rings is 2. The number of hydrogen-bond acceptors (Lipinski definition) is 2. The summed E-state index contributed by atoms with van der Waals surface area (Å²) in [6.45, 7) is -0.0924. The van der Waals surface area contributed by atoms with Crippen LogP contribution in [-0.2, 0) is 12.7 Å². The van der Waals surface area contributed by atoms with Crippen molar-refractivity contribution >= 4 is 23.2 Å². The Labute approximate surface area is 163 Å². The standard InChI is InChI=1S/C20H14ClF3N2O2/c21-16-5-7-17(8-6-16)25-19(28)14-3-1-2-13(10-14)11-26-12-15(20(22,23)24)4-9-18(26)27/h1-10,12H,11H2,(H,25,28). The molecular weight excluding hydrogens is 393 g/mol. The zero-order chi connectivity index (χ0) is 20.3. The SMILES string of the molecule is O=C(Nc1ccc(Cl)cc1)c1cccc(Cn2cc(C(F)(F)F)ccc2=O)c1. The van der Waals surface area contributed by atoms with Gasteiger partial charge >= 0.3 is 6.18 Å². The van der Waals surface area contributed by atoms with E-state index in [0.29, 0.717) is 21.8 Å². The number of rotatable bonds is 4. The summed E-state index contributed by atoms with van der Waals surface area (Å²) in [6, 6.07) is 14.5. The molecule has 0 saturated carbocycles. The molecule has 0 bridgehead atoms. The van der Waals surface area contributed by atoms with Gasteiger partial charge in [-0.05, 0) is 48.0 Å². The van der Waals surface area contributed by atoms with Gasteiger partial charge in [-0.25, -0.2) is 0 Å². The third-order valence-corrected chi connectivity index (χ3v) is 4.21. The first-order valence-corrected chi connectivity index (χ1v) is 8.54. The van der Waals surface area contributed by atoms with Crippen molar-refractivity contribution in [2.24, 2.45) is 0 Å². The Morgan fingerprint density at radius 1 is 1.04 bits per heavy atom. The Balaban J connectivity index is 1.81. The van der Waals surface area contributed by atoms with Crippen LogP contribution < -0.4 is 10.9 Å². The molecule has 28 heavy (non-hydrogen) atoms. The second-order valence-corrected chi connectivity index (χ2v) is 6.48. The van der Waals surface area contributed by atoms with Gasteiger partial charge in [0, 0.05) is 28.5 Å². The third kappa shape index (κ3) is 4.80. The summed E-state index contributed by atoms with van der Waals surface area (Å²) >= 11 is 5.80. The lowest BCUT2D eigenvalue weighted by Gasteiger charge is -2.11.